The number of hydrogen-bond acceptors (Lipinski definition) is 4. The number of aromatic nitrogens is 1. The molecule has 5 nitrogen and oxygen atoms in total. The Kier molecular flexibility index (Phi) is 5.00. The standard InChI is InChI=1S/C18H18ClN3O2S/c1-3-18(2,12-5-7-13(19)8-6-12)14-11-25-16(20-14)15(23)21-17(24)22-9-4-10-22/h1,5-8,11,15,23H,4,9-10H2,2H3,(H,21,24)/t15-,18-/m1/s1. The summed E-state index contributed by atoms with van der Waals surface area (Å²) in [6.45, 7) is 3.32. The van der Waals surface area contributed by atoms with Crippen molar-refractivity contribution in [1.82, 2.24) is 15.2 Å². The monoisotopic (exact) mass is 375 g/mol. The van der Waals surface area contributed by atoms with Crippen LogP contribution in [-0.4, -0.2) is 34.1 Å². The number of terminal acetylenes is 1. The number of benzene rings is 1. The van der Waals surface area contributed by atoms with Crippen LogP contribution in [0.25, 0.3) is 0 Å². The van der Waals surface area contributed by atoms with Gasteiger partial charge in [0, 0.05) is 23.5 Å². The first-order valence-electron chi connectivity index (χ1n) is 7.87. The van der Waals surface area contributed by atoms with Gasteiger partial charge in [0.25, 0.3) is 0 Å². The van der Waals surface area contributed by atoms with Gasteiger partial charge in [-0.05, 0) is 31.0 Å². The Morgan fingerprint density at radius 2 is 2.16 bits per heavy atom. The van der Waals surface area contributed by atoms with E-state index in [1.165, 1.54) is 11.3 Å². The van der Waals surface area contributed by atoms with E-state index in [0.717, 1.165) is 12.0 Å². The molecule has 1 aromatic carbocycles. The molecular weight excluding hydrogens is 358 g/mol. The van der Waals surface area contributed by atoms with Crippen LogP contribution < -0.4 is 5.32 Å². The van der Waals surface area contributed by atoms with E-state index in [-0.39, 0.29) is 6.03 Å². The fourth-order valence-electron chi connectivity index (χ4n) is 2.52. The number of carbonyl (C=O) groups is 1. The first-order chi connectivity index (χ1) is 11.9. The van der Waals surface area contributed by atoms with E-state index in [1.54, 1.807) is 17.0 Å². The number of aliphatic hydroxyl groups is 1. The lowest BCUT2D eigenvalue weighted by molar-refractivity contribution is 0.113. The van der Waals surface area contributed by atoms with Gasteiger partial charge in [-0.15, -0.1) is 17.8 Å². The van der Waals surface area contributed by atoms with Crippen molar-refractivity contribution in [3.05, 3.63) is 50.9 Å². The summed E-state index contributed by atoms with van der Waals surface area (Å²) >= 11 is 7.21. The second-order valence-corrected chi connectivity index (χ2v) is 7.37. The van der Waals surface area contributed by atoms with E-state index >= 15 is 0 Å². The number of urea groups is 1. The summed E-state index contributed by atoms with van der Waals surface area (Å²) in [5, 5.41) is 15.6. The molecule has 2 atom stereocenters. The van der Waals surface area contributed by atoms with E-state index in [2.05, 4.69) is 16.2 Å². The highest BCUT2D eigenvalue weighted by atomic mass is 35.5. The number of halogens is 1. The first kappa shape index (κ1) is 17.7. The summed E-state index contributed by atoms with van der Waals surface area (Å²) < 4.78 is 0. The predicted octanol–water partition coefficient (Wildman–Crippen LogP) is 3.14. The molecule has 25 heavy (non-hydrogen) atoms. The lowest BCUT2D eigenvalue weighted by Crippen LogP contribution is -2.48. The third-order valence-electron chi connectivity index (χ3n) is 4.38. The Bertz CT molecular complexity index is 810. The maximum atomic E-state index is 11.9. The third-order valence-corrected chi connectivity index (χ3v) is 5.53. The molecule has 0 aliphatic carbocycles. The molecule has 0 unspecified atom stereocenters. The van der Waals surface area contributed by atoms with Crippen LogP contribution >= 0.6 is 22.9 Å². The van der Waals surface area contributed by atoms with E-state index in [0.29, 0.717) is 28.8 Å². The maximum Gasteiger partial charge on any atom is 0.319 e. The van der Waals surface area contributed by atoms with Crippen LogP contribution in [-0.2, 0) is 5.41 Å². The molecule has 7 heteroatoms. The number of amides is 2. The average Bonchev–Trinajstić information content (AvgIpc) is 3.03. The van der Waals surface area contributed by atoms with Crippen LogP contribution in [0.15, 0.2) is 29.6 Å². The zero-order valence-corrected chi connectivity index (χ0v) is 15.3. The van der Waals surface area contributed by atoms with Crippen molar-refractivity contribution in [3.63, 3.8) is 0 Å². The normalized spacial score (nSPS) is 17.1. The maximum absolute atomic E-state index is 11.9. The number of rotatable bonds is 4. The minimum absolute atomic E-state index is 0.284. The highest BCUT2D eigenvalue weighted by Gasteiger charge is 2.31. The number of nitrogens with zero attached hydrogens (tertiary/aromatic N) is 2. The van der Waals surface area contributed by atoms with Gasteiger partial charge in [0.1, 0.15) is 5.01 Å². The van der Waals surface area contributed by atoms with Crippen LogP contribution in [0.3, 0.4) is 0 Å². The molecule has 0 saturated carbocycles. The smallest absolute Gasteiger partial charge is 0.319 e. The van der Waals surface area contributed by atoms with Crippen molar-refractivity contribution in [2.75, 3.05) is 13.1 Å². The summed E-state index contributed by atoms with van der Waals surface area (Å²) in [5.41, 5.74) is 0.783. The minimum atomic E-state index is -1.15. The van der Waals surface area contributed by atoms with Gasteiger partial charge in [0.05, 0.1) is 11.1 Å². The Balaban J connectivity index is 1.80. The van der Waals surface area contributed by atoms with E-state index in [9.17, 15) is 9.90 Å². The zero-order valence-electron chi connectivity index (χ0n) is 13.7. The number of hydrogen-bond donors (Lipinski definition) is 2. The number of aliphatic hydroxyl groups excluding tert-OH is 1. The molecule has 1 aliphatic rings. The molecule has 0 bridgehead atoms. The molecule has 1 aromatic heterocycles. The van der Waals surface area contributed by atoms with Gasteiger partial charge >= 0.3 is 6.03 Å². The van der Waals surface area contributed by atoms with Crippen LogP contribution in [0.1, 0.15) is 35.8 Å². The largest absolute Gasteiger partial charge is 0.367 e. The second kappa shape index (κ2) is 7.04. The van der Waals surface area contributed by atoms with E-state index < -0.39 is 11.6 Å². The molecule has 0 spiro atoms. The molecule has 2 N–H and O–H groups in total. The first-order valence-corrected chi connectivity index (χ1v) is 9.13. The number of carbonyl (C=O) groups excluding carboxylic acids is 1. The lowest BCUT2D eigenvalue weighted by atomic mass is 9.81. The summed E-state index contributed by atoms with van der Waals surface area (Å²) in [4.78, 5) is 18.0. The van der Waals surface area contributed by atoms with Crippen LogP contribution in [0.2, 0.25) is 5.02 Å². The van der Waals surface area contributed by atoms with Crippen molar-refractivity contribution < 1.29 is 9.90 Å². The lowest BCUT2D eigenvalue weighted by Gasteiger charge is -2.31. The van der Waals surface area contributed by atoms with Gasteiger partial charge in [-0.25, -0.2) is 9.78 Å². The predicted molar refractivity (Wildman–Crippen MR) is 98.5 cm³/mol. The van der Waals surface area contributed by atoms with Crippen molar-refractivity contribution in [2.45, 2.75) is 25.0 Å². The quantitative estimate of drug-likeness (QED) is 0.637. The van der Waals surface area contributed by atoms with Crippen molar-refractivity contribution in [3.8, 4) is 12.3 Å². The van der Waals surface area contributed by atoms with Gasteiger partial charge in [0.15, 0.2) is 6.23 Å². The molecule has 2 amide bonds. The van der Waals surface area contributed by atoms with Gasteiger partial charge in [-0.1, -0.05) is 29.7 Å². The van der Waals surface area contributed by atoms with Gasteiger partial charge < -0.3 is 15.3 Å². The molecule has 0 radical (unpaired) electrons. The Morgan fingerprint density at radius 1 is 1.48 bits per heavy atom. The minimum Gasteiger partial charge on any atom is -0.367 e. The molecule has 1 aliphatic heterocycles. The van der Waals surface area contributed by atoms with Crippen LogP contribution in [0, 0.1) is 12.3 Å². The SMILES string of the molecule is C#C[C@](C)(c1ccc(Cl)cc1)c1csc([C@@H](O)NC(=O)N2CCC2)n1. The van der Waals surface area contributed by atoms with E-state index in [4.69, 9.17) is 18.0 Å². The van der Waals surface area contributed by atoms with Gasteiger partial charge in [0.2, 0.25) is 0 Å². The summed E-state index contributed by atoms with van der Waals surface area (Å²) in [6, 6.07) is 7.00. The van der Waals surface area contributed by atoms with Gasteiger partial charge in [-0.2, -0.15) is 0 Å². The molecule has 2 aromatic rings. The van der Waals surface area contributed by atoms with Crippen molar-refractivity contribution in [1.29, 1.82) is 0 Å². The topological polar surface area (TPSA) is 65.5 Å². The van der Waals surface area contributed by atoms with E-state index in [1.807, 2.05) is 24.4 Å². The zero-order chi connectivity index (χ0) is 18.0. The highest BCUT2D eigenvalue weighted by molar-refractivity contribution is 7.09. The Hall–Kier alpha value is -2.07. The summed E-state index contributed by atoms with van der Waals surface area (Å²) in [7, 11) is 0. The fourth-order valence-corrected chi connectivity index (χ4v) is 3.51. The molecular formula is C18H18ClN3O2S. The number of nitrogens with one attached hydrogen (secondary N) is 1. The Morgan fingerprint density at radius 3 is 2.72 bits per heavy atom. The highest BCUT2D eigenvalue weighted by Crippen LogP contribution is 2.33. The molecule has 1 fully saturated rings. The van der Waals surface area contributed by atoms with Crippen LogP contribution in [0.4, 0.5) is 4.79 Å². The van der Waals surface area contributed by atoms with Crippen LogP contribution in [0.5, 0.6) is 0 Å². The summed E-state index contributed by atoms with van der Waals surface area (Å²) in [5.74, 6) is 2.78. The molecule has 1 saturated heterocycles. The molecule has 3 rings (SSSR count). The second-order valence-electron chi connectivity index (χ2n) is 6.04. The Labute approximate surface area is 155 Å². The van der Waals surface area contributed by atoms with Crippen molar-refractivity contribution >= 4 is 29.0 Å². The molecule has 2 heterocycles. The average molecular weight is 376 g/mol. The fraction of sp³-hybridized carbons (Fsp3) is 0.333. The van der Waals surface area contributed by atoms with Gasteiger partial charge in [-0.3, -0.25) is 0 Å². The van der Waals surface area contributed by atoms with Crippen molar-refractivity contribution in [2.24, 2.45) is 0 Å². The summed E-state index contributed by atoms with van der Waals surface area (Å²) in [6.07, 6.45) is 5.62. The number of thiazole rings is 1. The number of likely N-dealkylation sites (tertiary alicyclic amines) is 1. The third kappa shape index (κ3) is 3.49. The molecule has 130 valence electrons.